The van der Waals surface area contributed by atoms with Crippen LogP contribution < -0.4 is 10.6 Å². The van der Waals surface area contributed by atoms with Crippen molar-refractivity contribution in [3.63, 3.8) is 0 Å². The first-order chi connectivity index (χ1) is 9.45. The van der Waals surface area contributed by atoms with Gasteiger partial charge in [0.15, 0.2) is 0 Å². The van der Waals surface area contributed by atoms with Gasteiger partial charge in [-0.3, -0.25) is 4.79 Å². The smallest absolute Gasteiger partial charge is 0.319 e. The number of amides is 2. The quantitative estimate of drug-likeness (QED) is 0.779. The molecule has 3 N–H and O–H groups in total. The zero-order valence-corrected chi connectivity index (χ0v) is 13.8. The summed E-state index contributed by atoms with van der Waals surface area (Å²) in [5, 5.41) is 15.3. The lowest BCUT2D eigenvalue weighted by molar-refractivity contribution is -0.150. The van der Waals surface area contributed by atoms with Gasteiger partial charge in [0.2, 0.25) is 0 Å². The van der Waals surface area contributed by atoms with Crippen LogP contribution in [0.5, 0.6) is 0 Å². The first-order valence-electron chi connectivity index (χ1n) is 6.24. The van der Waals surface area contributed by atoms with Crippen molar-refractivity contribution in [2.24, 2.45) is 5.41 Å². The topological polar surface area (TPSA) is 78.4 Å². The maximum Gasteiger partial charge on any atom is 0.319 e. The number of hydrogen-bond donors (Lipinski definition) is 3. The molecule has 1 rings (SSSR count). The molecule has 116 valence electrons. The second kappa shape index (κ2) is 6.12. The number of benzene rings is 1. The fraction of sp³-hybridized carbons (Fsp3) is 0.429. The van der Waals surface area contributed by atoms with Crippen LogP contribution in [0, 0.1) is 5.41 Å². The van der Waals surface area contributed by atoms with Crippen LogP contribution in [-0.2, 0) is 4.79 Å². The van der Waals surface area contributed by atoms with Gasteiger partial charge in [-0.25, -0.2) is 4.79 Å². The number of nitrogens with one attached hydrogen (secondary N) is 2. The Morgan fingerprint density at radius 3 is 1.95 bits per heavy atom. The number of carboxylic acids is 1. The summed E-state index contributed by atoms with van der Waals surface area (Å²) in [7, 11) is 0. The molecule has 1 aromatic carbocycles. The normalized spacial score (nSPS) is 11.9. The number of carbonyl (C=O) groups excluding carboxylic acids is 1. The third-order valence-corrected chi connectivity index (χ3v) is 4.08. The lowest BCUT2D eigenvalue weighted by Crippen LogP contribution is -2.57. The van der Waals surface area contributed by atoms with Gasteiger partial charge in [-0.2, -0.15) is 0 Å². The van der Waals surface area contributed by atoms with Crippen LogP contribution in [0.4, 0.5) is 10.5 Å². The molecule has 0 spiro atoms. The van der Waals surface area contributed by atoms with E-state index in [-0.39, 0.29) is 0 Å². The third-order valence-electron chi connectivity index (χ3n) is 3.64. The van der Waals surface area contributed by atoms with Crippen molar-refractivity contribution in [3.8, 4) is 0 Å². The summed E-state index contributed by atoms with van der Waals surface area (Å²) >= 11 is 11.7. The molecule has 0 heterocycles. The van der Waals surface area contributed by atoms with Crippen molar-refractivity contribution < 1.29 is 14.7 Å². The van der Waals surface area contributed by atoms with Gasteiger partial charge in [0.05, 0.1) is 11.0 Å². The molecule has 0 bridgehead atoms. The van der Waals surface area contributed by atoms with Crippen LogP contribution in [0.1, 0.15) is 27.7 Å². The van der Waals surface area contributed by atoms with Crippen LogP contribution in [0.3, 0.4) is 0 Å². The van der Waals surface area contributed by atoms with Crippen molar-refractivity contribution in [2.75, 3.05) is 5.32 Å². The van der Waals surface area contributed by atoms with E-state index < -0.39 is 23.0 Å². The Labute approximate surface area is 133 Å². The van der Waals surface area contributed by atoms with Gasteiger partial charge in [0.25, 0.3) is 0 Å². The second-order valence-electron chi connectivity index (χ2n) is 5.79. The van der Waals surface area contributed by atoms with Crippen LogP contribution >= 0.6 is 23.2 Å². The highest BCUT2D eigenvalue weighted by Crippen LogP contribution is 2.31. The molecule has 0 saturated heterocycles. The maximum absolute atomic E-state index is 12.0. The highest BCUT2D eigenvalue weighted by Gasteiger charge is 2.44. The zero-order valence-electron chi connectivity index (χ0n) is 12.3. The first-order valence-corrected chi connectivity index (χ1v) is 7.00. The summed E-state index contributed by atoms with van der Waals surface area (Å²) in [6.45, 7) is 6.38. The van der Waals surface area contributed by atoms with E-state index in [1.165, 1.54) is 0 Å². The van der Waals surface area contributed by atoms with E-state index in [0.717, 1.165) is 0 Å². The molecule has 1 aromatic rings. The predicted molar refractivity (Wildman–Crippen MR) is 84.1 cm³/mol. The number of hydrogen-bond acceptors (Lipinski definition) is 2. The van der Waals surface area contributed by atoms with Crippen molar-refractivity contribution in [2.45, 2.75) is 33.2 Å². The van der Waals surface area contributed by atoms with E-state index in [1.807, 2.05) is 0 Å². The van der Waals surface area contributed by atoms with Gasteiger partial charge in [0.1, 0.15) is 0 Å². The molecule has 7 heteroatoms. The Balaban J connectivity index is 2.84. The first kappa shape index (κ1) is 17.6. The molecule has 0 fully saturated rings. The van der Waals surface area contributed by atoms with Crippen molar-refractivity contribution in [3.05, 3.63) is 28.2 Å². The minimum atomic E-state index is -1.14. The predicted octanol–water partition coefficient (Wildman–Crippen LogP) is 4.00. The Bertz CT molecular complexity index is 551. The van der Waals surface area contributed by atoms with Gasteiger partial charge in [-0.15, -0.1) is 0 Å². The molecule has 0 saturated carbocycles. The summed E-state index contributed by atoms with van der Waals surface area (Å²) in [5.41, 5.74) is -1.68. The van der Waals surface area contributed by atoms with Crippen LogP contribution in [0.2, 0.25) is 10.0 Å². The molecule has 0 aliphatic heterocycles. The number of halogens is 2. The largest absolute Gasteiger partial charge is 0.481 e. The van der Waals surface area contributed by atoms with E-state index in [9.17, 15) is 14.7 Å². The van der Waals surface area contributed by atoms with Gasteiger partial charge in [-0.1, -0.05) is 23.2 Å². The number of urea groups is 1. The van der Waals surface area contributed by atoms with E-state index in [4.69, 9.17) is 23.2 Å². The van der Waals surface area contributed by atoms with Gasteiger partial charge in [-0.05, 0) is 45.9 Å². The Morgan fingerprint density at radius 1 is 1.05 bits per heavy atom. The second-order valence-corrected chi connectivity index (χ2v) is 6.67. The van der Waals surface area contributed by atoms with Crippen LogP contribution in [-0.4, -0.2) is 22.6 Å². The van der Waals surface area contributed by atoms with Gasteiger partial charge < -0.3 is 15.7 Å². The van der Waals surface area contributed by atoms with Crippen molar-refractivity contribution in [1.29, 1.82) is 0 Å². The van der Waals surface area contributed by atoms with E-state index in [0.29, 0.717) is 15.7 Å². The lowest BCUT2D eigenvalue weighted by Gasteiger charge is -2.38. The monoisotopic (exact) mass is 332 g/mol. The molecule has 5 nitrogen and oxygen atoms in total. The van der Waals surface area contributed by atoms with Crippen LogP contribution in [0.15, 0.2) is 18.2 Å². The molecular weight excluding hydrogens is 315 g/mol. The van der Waals surface area contributed by atoms with E-state index in [1.54, 1.807) is 45.9 Å². The van der Waals surface area contributed by atoms with Crippen molar-refractivity contribution >= 4 is 40.9 Å². The molecule has 0 aliphatic rings. The Morgan fingerprint density at radius 2 is 1.52 bits per heavy atom. The number of anilines is 1. The number of aliphatic carboxylic acids is 1. The zero-order chi connectivity index (χ0) is 16.4. The molecule has 0 atom stereocenters. The maximum atomic E-state index is 12.0. The molecule has 0 unspecified atom stereocenters. The molecule has 2 amide bonds. The average Bonchev–Trinajstić information content (AvgIpc) is 2.25. The summed E-state index contributed by atoms with van der Waals surface area (Å²) < 4.78 is 0. The van der Waals surface area contributed by atoms with Crippen molar-refractivity contribution in [1.82, 2.24) is 5.32 Å². The minimum Gasteiger partial charge on any atom is -0.481 e. The average molecular weight is 333 g/mol. The molecule has 0 aliphatic carbocycles. The minimum absolute atomic E-state index is 0.392. The SMILES string of the molecule is CC(C)(NC(=O)Nc1cc(Cl)cc(Cl)c1)C(C)(C)C(=O)O. The molecule has 21 heavy (non-hydrogen) atoms. The third kappa shape index (κ3) is 4.25. The summed E-state index contributed by atoms with van der Waals surface area (Å²) in [5.74, 6) is -1.00. The Hall–Kier alpha value is -1.46. The lowest BCUT2D eigenvalue weighted by atomic mass is 9.74. The van der Waals surface area contributed by atoms with Crippen LogP contribution in [0.25, 0.3) is 0 Å². The molecular formula is C14H18Cl2N2O3. The Kier molecular flexibility index (Phi) is 5.12. The fourth-order valence-electron chi connectivity index (χ4n) is 1.50. The number of carbonyl (C=O) groups is 2. The highest BCUT2D eigenvalue weighted by molar-refractivity contribution is 6.35. The summed E-state index contributed by atoms with van der Waals surface area (Å²) in [4.78, 5) is 23.3. The molecule has 0 radical (unpaired) electrons. The number of carboxylic acid groups (broad SMARTS) is 1. The summed E-state index contributed by atoms with van der Waals surface area (Å²) in [6, 6.07) is 4.10. The fourth-order valence-corrected chi connectivity index (χ4v) is 2.02. The highest BCUT2D eigenvalue weighted by atomic mass is 35.5. The molecule has 0 aromatic heterocycles. The summed E-state index contributed by atoms with van der Waals surface area (Å²) in [6.07, 6.45) is 0. The van der Waals surface area contributed by atoms with Gasteiger partial charge >= 0.3 is 12.0 Å². The van der Waals surface area contributed by atoms with Gasteiger partial charge in [0, 0.05) is 15.7 Å². The standard InChI is InChI=1S/C14H18Cl2N2O3/c1-13(2,11(19)20)14(3,4)18-12(21)17-10-6-8(15)5-9(16)7-10/h5-7H,1-4H3,(H,19,20)(H2,17,18,21). The number of rotatable bonds is 4. The van der Waals surface area contributed by atoms with E-state index >= 15 is 0 Å². The van der Waals surface area contributed by atoms with E-state index in [2.05, 4.69) is 10.6 Å².